The normalized spacial score (nSPS) is 21.6. The first kappa shape index (κ1) is 13.0. The number of ether oxygens (including phenoxy) is 1. The summed E-state index contributed by atoms with van der Waals surface area (Å²) < 4.78 is 5.73. The summed E-state index contributed by atoms with van der Waals surface area (Å²) in [4.78, 5) is 0. The minimum absolute atomic E-state index is 0.0177. The van der Waals surface area contributed by atoms with Crippen LogP contribution in [0.4, 0.5) is 0 Å². The Labute approximate surface area is 94.6 Å². The van der Waals surface area contributed by atoms with Gasteiger partial charge in [0.2, 0.25) is 0 Å². The zero-order valence-electron chi connectivity index (χ0n) is 10.6. The van der Waals surface area contributed by atoms with Gasteiger partial charge in [-0.05, 0) is 24.7 Å². The summed E-state index contributed by atoms with van der Waals surface area (Å²) >= 11 is 0. The molecule has 0 saturated heterocycles. The van der Waals surface area contributed by atoms with E-state index in [4.69, 9.17) is 10.5 Å². The fourth-order valence-electron chi connectivity index (χ4n) is 2.05. The maximum absolute atomic E-state index is 6.28. The lowest BCUT2D eigenvalue weighted by Gasteiger charge is -2.33. The van der Waals surface area contributed by atoms with E-state index in [9.17, 15) is 0 Å². The molecular formula is C13H27NO. The molecule has 0 radical (unpaired) electrons. The Balaban J connectivity index is 2.13. The van der Waals surface area contributed by atoms with E-state index < -0.39 is 0 Å². The highest BCUT2D eigenvalue weighted by molar-refractivity contribution is 4.86. The molecule has 15 heavy (non-hydrogen) atoms. The van der Waals surface area contributed by atoms with Crippen molar-refractivity contribution in [1.29, 1.82) is 0 Å². The molecule has 0 bridgehead atoms. The summed E-state index contributed by atoms with van der Waals surface area (Å²) in [5, 5.41) is 0. The van der Waals surface area contributed by atoms with Crippen molar-refractivity contribution >= 4 is 0 Å². The van der Waals surface area contributed by atoms with Gasteiger partial charge >= 0.3 is 0 Å². The molecule has 90 valence electrons. The van der Waals surface area contributed by atoms with Crippen molar-refractivity contribution in [2.24, 2.45) is 11.1 Å². The second-order valence-corrected chi connectivity index (χ2v) is 6.29. The van der Waals surface area contributed by atoms with Crippen LogP contribution in [-0.4, -0.2) is 18.8 Å². The van der Waals surface area contributed by atoms with Crippen LogP contribution in [0.2, 0.25) is 0 Å². The van der Waals surface area contributed by atoms with Crippen LogP contribution in [0.5, 0.6) is 0 Å². The Morgan fingerprint density at radius 3 is 2.27 bits per heavy atom. The van der Waals surface area contributed by atoms with Gasteiger partial charge in [-0.1, -0.05) is 40.0 Å². The molecule has 0 spiro atoms. The zero-order valence-corrected chi connectivity index (χ0v) is 10.6. The van der Waals surface area contributed by atoms with Crippen molar-refractivity contribution in [3.8, 4) is 0 Å². The smallest absolute Gasteiger partial charge is 0.0646 e. The van der Waals surface area contributed by atoms with Gasteiger partial charge in [-0.25, -0.2) is 0 Å². The van der Waals surface area contributed by atoms with Crippen molar-refractivity contribution < 1.29 is 4.74 Å². The van der Waals surface area contributed by atoms with E-state index in [1.54, 1.807) is 0 Å². The molecule has 0 aromatic heterocycles. The zero-order chi connectivity index (χ0) is 11.4. The minimum atomic E-state index is -0.0177. The molecule has 1 fully saturated rings. The number of hydrogen-bond acceptors (Lipinski definition) is 2. The summed E-state index contributed by atoms with van der Waals surface area (Å²) in [5.74, 6) is 0. The Bertz CT molecular complexity index is 177. The van der Waals surface area contributed by atoms with Crippen LogP contribution in [0, 0.1) is 5.41 Å². The van der Waals surface area contributed by atoms with E-state index in [2.05, 4.69) is 20.8 Å². The van der Waals surface area contributed by atoms with Gasteiger partial charge in [0.15, 0.2) is 0 Å². The second kappa shape index (κ2) is 5.31. The lowest BCUT2D eigenvalue weighted by atomic mass is 9.83. The third kappa shape index (κ3) is 5.53. The van der Waals surface area contributed by atoms with Gasteiger partial charge in [0, 0.05) is 12.1 Å². The molecule has 0 heterocycles. The maximum atomic E-state index is 6.28. The third-order valence-corrected chi connectivity index (χ3v) is 3.24. The van der Waals surface area contributed by atoms with Crippen LogP contribution in [0.1, 0.15) is 59.3 Å². The summed E-state index contributed by atoms with van der Waals surface area (Å²) in [5.41, 5.74) is 6.64. The van der Waals surface area contributed by atoms with Crippen LogP contribution in [0.15, 0.2) is 0 Å². The number of rotatable bonds is 4. The Hall–Kier alpha value is -0.0800. The van der Waals surface area contributed by atoms with Crippen molar-refractivity contribution in [2.75, 3.05) is 13.2 Å². The molecule has 2 nitrogen and oxygen atoms in total. The quantitative estimate of drug-likeness (QED) is 0.728. The summed E-state index contributed by atoms with van der Waals surface area (Å²) in [6.07, 6.45) is 7.30. The van der Waals surface area contributed by atoms with E-state index in [1.165, 1.54) is 19.3 Å². The van der Waals surface area contributed by atoms with Gasteiger partial charge in [-0.15, -0.1) is 0 Å². The molecule has 2 heteroatoms. The molecule has 0 aromatic carbocycles. The topological polar surface area (TPSA) is 35.2 Å². The van der Waals surface area contributed by atoms with E-state index >= 15 is 0 Å². The van der Waals surface area contributed by atoms with Gasteiger partial charge in [0.1, 0.15) is 0 Å². The number of nitrogens with two attached hydrogens (primary N) is 1. The fraction of sp³-hybridized carbons (Fsp3) is 1.00. The average Bonchev–Trinajstić information content (AvgIpc) is 2.12. The van der Waals surface area contributed by atoms with E-state index in [-0.39, 0.29) is 5.54 Å². The average molecular weight is 213 g/mol. The molecule has 1 rings (SSSR count). The monoisotopic (exact) mass is 213 g/mol. The SMILES string of the molecule is CC(C)(C)CCOCC1(N)CCCCC1. The number of hydrogen-bond donors (Lipinski definition) is 1. The molecular weight excluding hydrogens is 186 g/mol. The van der Waals surface area contributed by atoms with Crippen molar-refractivity contribution in [1.82, 2.24) is 0 Å². The molecule has 0 unspecified atom stereocenters. The molecule has 0 aromatic rings. The molecule has 0 amide bonds. The van der Waals surface area contributed by atoms with Crippen LogP contribution in [0.25, 0.3) is 0 Å². The molecule has 1 aliphatic carbocycles. The van der Waals surface area contributed by atoms with E-state index in [1.807, 2.05) is 0 Å². The van der Waals surface area contributed by atoms with Crippen molar-refractivity contribution in [3.05, 3.63) is 0 Å². The lowest BCUT2D eigenvalue weighted by molar-refractivity contribution is 0.0536. The minimum Gasteiger partial charge on any atom is -0.380 e. The second-order valence-electron chi connectivity index (χ2n) is 6.29. The first-order chi connectivity index (χ1) is 6.91. The standard InChI is InChI=1S/C13H27NO/c1-12(2,3)9-10-15-11-13(14)7-5-4-6-8-13/h4-11,14H2,1-3H3. The highest BCUT2D eigenvalue weighted by Gasteiger charge is 2.27. The third-order valence-electron chi connectivity index (χ3n) is 3.24. The first-order valence-corrected chi connectivity index (χ1v) is 6.28. The molecule has 0 atom stereocenters. The van der Waals surface area contributed by atoms with Gasteiger partial charge in [0.25, 0.3) is 0 Å². The predicted octanol–water partition coefficient (Wildman–Crippen LogP) is 3.10. The highest BCUT2D eigenvalue weighted by Crippen LogP contribution is 2.26. The fourth-order valence-corrected chi connectivity index (χ4v) is 2.05. The summed E-state index contributed by atoms with van der Waals surface area (Å²) in [6, 6.07) is 0. The highest BCUT2D eigenvalue weighted by atomic mass is 16.5. The van der Waals surface area contributed by atoms with Gasteiger partial charge in [0.05, 0.1) is 6.61 Å². The largest absolute Gasteiger partial charge is 0.380 e. The Morgan fingerprint density at radius 1 is 1.13 bits per heavy atom. The summed E-state index contributed by atoms with van der Waals surface area (Å²) in [7, 11) is 0. The molecule has 0 aliphatic heterocycles. The van der Waals surface area contributed by atoms with E-state index in [0.29, 0.717) is 5.41 Å². The van der Waals surface area contributed by atoms with Gasteiger partial charge in [-0.2, -0.15) is 0 Å². The van der Waals surface area contributed by atoms with Gasteiger partial charge in [-0.3, -0.25) is 0 Å². The van der Waals surface area contributed by atoms with Crippen LogP contribution in [0.3, 0.4) is 0 Å². The van der Waals surface area contributed by atoms with Crippen LogP contribution < -0.4 is 5.73 Å². The summed E-state index contributed by atoms with van der Waals surface area (Å²) in [6.45, 7) is 8.34. The van der Waals surface area contributed by atoms with Crippen molar-refractivity contribution in [3.63, 3.8) is 0 Å². The van der Waals surface area contributed by atoms with Crippen molar-refractivity contribution in [2.45, 2.75) is 64.8 Å². The van der Waals surface area contributed by atoms with Crippen LogP contribution >= 0.6 is 0 Å². The molecule has 2 N–H and O–H groups in total. The maximum Gasteiger partial charge on any atom is 0.0646 e. The van der Waals surface area contributed by atoms with Gasteiger partial charge < -0.3 is 10.5 Å². The molecule has 1 saturated carbocycles. The predicted molar refractivity (Wildman–Crippen MR) is 64.9 cm³/mol. The Kier molecular flexibility index (Phi) is 4.60. The Morgan fingerprint density at radius 2 is 1.73 bits per heavy atom. The van der Waals surface area contributed by atoms with E-state index in [0.717, 1.165) is 32.5 Å². The molecule has 1 aliphatic rings. The lowest BCUT2D eigenvalue weighted by Crippen LogP contribution is -2.46. The first-order valence-electron chi connectivity index (χ1n) is 6.28. The van der Waals surface area contributed by atoms with Crippen LogP contribution in [-0.2, 0) is 4.74 Å².